The fraction of sp³-hybridized carbons (Fsp3) is 0.133. The molecule has 0 fully saturated rings. The van der Waals surface area contributed by atoms with Gasteiger partial charge < -0.3 is 15.6 Å². The van der Waals surface area contributed by atoms with Crippen molar-refractivity contribution in [2.75, 3.05) is 5.73 Å². The van der Waals surface area contributed by atoms with Crippen LogP contribution < -0.4 is 10.5 Å². The molecule has 0 amide bonds. The summed E-state index contributed by atoms with van der Waals surface area (Å²) in [6, 6.07) is 12.7. The van der Waals surface area contributed by atoms with Crippen molar-refractivity contribution < 1.29 is 14.6 Å². The minimum absolute atomic E-state index is 0.121. The topological polar surface area (TPSA) is 72.5 Å². The summed E-state index contributed by atoms with van der Waals surface area (Å²) >= 11 is 0. The molecular formula is C15H15NO3. The Morgan fingerprint density at radius 1 is 1.21 bits per heavy atom. The number of hydrogen-bond donors (Lipinski definition) is 2. The van der Waals surface area contributed by atoms with E-state index < -0.39 is 0 Å². The van der Waals surface area contributed by atoms with E-state index in [4.69, 9.17) is 10.5 Å². The third-order valence-electron chi connectivity index (χ3n) is 2.76. The molecule has 2 aromatic rings. The van der Waals surface area contributed by atoms with E-state index in [1.807, 2.05) is 30.3 Å². The summed E-state index contributed by atoms with van der Waals surface area (Å²) in [5, 5.41) is 9.82. The number of carbonyl (C=O) groups is 1. The van der Waals surface area contributed by atoms with Crippen LogP contribution in [0.2, 0.25) is 0 Å². The number of carbonyl (C=O) groups excluding carboxylic acids is 1. The predicted octanol–water partition coefficient (Wildman–Crippen LogP) is 2.76. The normalized spacial score (nSPS) is 10.2. The molecular weight excluding hydrogens is 242 g/mol. The van der Waals surface area contributed by atoms with Crippen molar-refractivity contribution in [2.45, 2.75) is 13.5 Å². The zero-order valence-corrected chi connectivity index (χ0v) is 10.6. The molecule has 0 saturated carbocycles. The highest BCUT2D eigenvalue weighted by Gasteiger charge is 2.16. The molecule has 4 heteroatoms. The standard InChI is InChI=1S/C15H15NO3/c1-10(17)14-13(8-7-12(16)15(14)18)19-9-11-5-3-2-4-6-11/h2-8,18H,9,16H2,1H3. The first-order chi connectivity index (χ1) is 9.09. The Morgan fingerprint density at radius 3 is 2.53 bits per heavy atom. The third kappa shape index (κ3) is 2.85. The highest BCUT2D eigenvalue weighted by atomic mass is 16.5. The van der Waals surface area contributed by atoms with Crippen LogP contribution in [0, 0.1) is 0 Å². The Kier molecular flexibility index (Phi) is 3.71. The number of aromatic hydroxyl groups is 1. The molecule has 0 radical (unpaired) electrons. The van der Waals surface area contributed by atoms with Gasteiger partial charge in [-0.2, -0.15) is 0 Å². The summed E-state index contributed by atoms with van der Waals surface area (Å²) in [5.74, 6) is -0.172. The number of rotatable bonds is 4. The molecule has 0 aliphatic rings. The van der Waals surface area contributed by atoms with Gasteiger partial charge in [0.25, 0.3) is 0 Å². The van der Waals surface area contributed by atoms with Gasteiger partial charge in [0.1, 0.15) is 17.9 Å². The van der Waals surface area contributed by atoms with Crippen LogP contribution in [0.15, 0.2) is 42.5 Å². The largest absolute Gasteiger partial charge is 0.505 e. The fourth-order valence-corrected chi connectivity index (χ4v) is 1.78. The van der Waals surface area contributed by atoms with E-state index in [1.165, 1.54) is 13.0 Å². The number of hydrogen-bond acceptors (Lipinski definition) is 4. The van der Waals surface area contributed by atoms with Crippen molar-refractivity contribution in [2.24, 2.45) is 0 Å². The van der Waals surface area contributed by atoms with Gasteiger partial charge in [-0.15, -0.1) is 0 Å². The highest BCUT2D eigenvalue weighted by Crippen LogP contribution is 2.33. The van der Waals surface area contributed by atoms with Gasteiger partial charge in [0.05, 0.1) is 5.69 Å². The Labute approximate surface area is 111 Å². The minimum atomic E-state index is -0.284. The van der Waals surface area contributed by atoms with Gasteiger partial charge in [-0.25, -0.2) is 0 Å². The van der Waals surface area contributed by atoms with Crippen LogP contribution in [-0.2, 0) is 6.61 Å². The molecule has 98 valence electrons. The van der Waals surface area contributed by atoms with Crippen molar-refractivity contribution in [3.8, 4) is 11.5 Å². The second-order valence-electron chi connectivity index (χ2n) is 4.21. The molecule has 0 bridgehead atoms. The SMILES string of the molecule is CC(=O)c1c(OCc2ccccc2)ccc(N)c1O. The maximum atomic E-state index is 11.6. The zero-order valence-electron chi connectivity index (χ0n) is 10.6. The van der Waals surface area contributed by atoms with E-state index >= 15 is 0 Å². The predicted molar refractivity (Wildman–Crippen MR) is 73.3 cm³/mol. The molecule has 0 unspecified atom stereocenters. The summed E-state index contributed by atoms with van der Waals surface area (Å²) in [6.07, 6.45) is 0. The lowest BCUT2D eigenvalue weighted by molar-refractivity contribution is 0.101. The first kappa shape index (κ1) is 13.0. The molecule has 0 aliphatic carbocycles. The maximum Gasteiger partial charge on any atom is 0.167 e. The maximum absolute atomic E-state index is 11.6. The molecule has 2 aromatic carbocycles. The highest BCUT2D eigenvalue weighted by molar-refractivity contribution is 6.01. The second-order valence-corrected chi connectivity index (χ2v) is 4.21. The number of phenolic OH excluding ortho intramolecular Hbond substituents is 1. The molecule has 0 atom stereocenters. The van der Waals surface area contributed by atoms with Gasteiger partial charge >= 0.3 is 0 Å². The zero-order chi connectivity index (χ0) is 13.8. The second kappa shape index (κ2) is 5.44. The quantitative estimate of drug-likeness (QED) is 0.502. The van der Waals surface area contributed by atoms with E-state index in [1.54, 1.807) is 6.07 Å². The van der Waals surface area contributed by atoms with Crippen LogP contribution in [-0.4, -0.2) is 10.9 Å². The van der Waals surface area contributed by atoms with Crippen LogP contribution in [0.3, 0.4) is 0 Å². The van der Waals surface area contributed by atoms with Gasteiger partial charge in [0.15, 0.2) is 11.5 Å². The first-order valence-corrected chi connectivity index (χ1v) is 5.88. The average molecular weight is 257 g/mol. The van der Waals surface area contributed by atoms with Gasteiger partial charge in [-0.3, -0.25) is 4.79 Å². The van der Waals surface area contributed by atoms with E-state index in [-0.39, 0.29) is 22.8 Å². The van der Waals surface area contributed by atoms with E-state index in [0.29, 0.717) is 12.4 Å². The van der Waals surface area contributed by atoms with Crippen molar-refractivity contribution in [3.63, 3.8) is 0 Å². The molecule has 0 aromatic heterocycles. The van der Waals surface area contributed by atoms with Crippen molar-refractivity contribution in [1.29, 1.82) is 0 Å². The molecule has 0 aliphatic heterocycles. The molecule has 4 nitrogen and oxygen atoms in total. The summed E-state index contributed by atoms with van der Waals surface area (Å²) in [5.41, 5.74) is 6.84. The fourth-order valence-electron chi connectivity index (χ4n) is 1.78. The summed E-state index contributed by atoms with van der Waals surface area (Å²) < 4.78 is 5.58. The van der Waals surface area contributed by atoms with E-state index in [0.717, 1.165) is 5.56 Å². The van der Waals surface area contributed by atoms with Gasteiger partial charge in [-0.05, 0) is 24.6 Å². The third-order valence-corrected chi connectivity index (χ3v) is 2.76. The number of ether oxygens (including phenoxy) is 1. The number of anilines is 1. The number of nitrogens with two attached hydrogens (primary N) is 1. The van der Waals surface area contributed by atoms with E-state index in [2.05, 4.69) is 0 Å². The Hall–Kier alpha value is -2.49. The molecule has 0 spiro atoms. The molecule has 19 heavy (non-hydrogen) atoms. The first-order valence-electron chi connectivity index (χ1n) is 5.88. The lowest BCUT2D eigenvalue weighted by Gasteiger charge is -2.12. The number of Topliss-reactive ketones (excluding diaryl/α,β-unsaturated/α-hetero) is 1. The minimum Gasteiger partial charge on any atom is -0.505 e. The van der Waals surface area contributed by atoms with E-state index in [9.17, 15) is 9.90 Å². The number of phenols is 1. The monoisotopic (exact) mass is 257 g/mol. The van der Waals surface area contributed by atoms with Crippen molar-refractivity contribution in [3.05, 3.63) is 53.6 Å². The van der Waals surface area contributed by atoms with Crippen molar-refractivity contribution >= 4 is 11.5 Å². The number of nitrogen functional groups attached to an aromatic ring is 1. The lowest BCUT2D eigenvalue weighted by atomic mass is 10.1. The van der Waals surface area contributed by atoms with Crippen LogP contribution >= 0.6 is 0 Å². The summed E-state index contributed by atoms with van der Waals surface area (Å²) in [6.45, 7) is 1.69. The molecule has 3 N–H and O–H groups in total. The smallest absolute Gasteiger partial charge is 0.167 e. The molecule has 0 heterocycles. The number of ketones is 1. The lowest BCUT2D eigenvalue weighted by Crippen LogP contribution is -2.03. The Bertz CT molecular complexity index is 594. The van der Waals surface area contributed by atoms with Gasteiger partial charge in [0.2, 0.25) is 0 Å². The summed E-state index contributed by atoms with van der Waals surface area (Å²) in [4.78, 5) is 11.6. The van der Waals surface area contributed by atoms with Gasteiger partial charge in [0, 0.05) is 0 Å². The average Bonchev–Trinajstić information content (AvgIpc) is 2.41. The van der Waals surface area contributed by atoms with Crippen LogP contribution in [0.4, 0.5) is 5.69 Å². The van der Waals surface area contributed by atoms with Crippen LogP contribution in [0.1, 0.15) is 22.8 Å². The van der Waals surface area contributed by atoms with Gasteiger partial charge in [-0.1, -0.05) is 30.3 Å². The molecule has 2 rings (SSSR count). The van der Waals surface area contributed by atoms with Crippen molar-refractivity contribution in [1.82, 2.24) is 0 Å². The van der Waals surface area contributed by atoms with Crippen LogP contribution in [0.5, 0.6) is 11.5 Å². The Morgan fingerprint density at radius 2 is 1.89 bits per heavy atom. The van der Waals surface area contributed by atoms with Crippen LogP contribution in [0.25, 0.3) is 0 Å². The number of benzene rings is 2. The molecule has 0 saturated heterocycles. The summed E-state index contributed by atoms with van der Waals surface area (Å²) in [7, 11) is 0. The Balaban J connectivity index is 2.26.